The molecule has 2 aromatic rings. The van der Waals surface area contributed by atoms with Gasteiger partial charge in [0.1, 0.15) is 0 Å². The van der Waals surface area contributed by atoms with Crippen LogP contribution in [-0.2, 0) is 9.53 Å². The van der Waals surface area contributed by atoms with Crippen LogP contribution in [0.3, 0.4) is 0 Å². The van der Waals surface area contributed by atoms with Crippen LogP contribution in [0.2, 0.25) is 5.02 Å². The quantitative estimate of drug-likeness (QED) is 0.528. The van der Waals surface area contributed by atoms with Crippen LogP contribution in [0.4, 0.5) is 4.79 Å². The normalized spacial score (nSPS) is 20.4. The number of halogens is 1. The Morgan fingerprint density at radius 2 is 1.84 bits per heavy atom. The van der Waals surface area contributed by atoms with Gasteiger partial charge in [0.15, 0.2) is 0 Å². The fourth-order valence-electron chi connectivity index (χ4n) is 5.21. The Hall–Kier alpha value is -3.36. The van der Waals surface area contributed by atoms with E-state index in [0.29, 0.717) is 54.6 Å². The summed E-state index contributed by atoms with van der Waals surface area (Å²) >= 11 is 5.99. The fourth-order valence-corrected chi connectivity index (χ4v) is 5.33. The molecule has 0 bridgehead atoms. The summed E-state index contributed by atoms with van der Waals surface area (Å²) in [5, 5.41) is 3.61. The first-order valence-corrected chi connectivity index (χ1v) is 13.4. The van der Waals surface area contributed by atoms with E-state index in [1.54, 1.807) is 36.1 Å². The molecule has 8 nitrogen and oxygen atoms in total. The number of carbonyl (C=O) groups is 3. The van der Waals surface area contributed by atoms with E-state index in [2.05, 4.69) is 10.2 Å². The first kappa shape index (κ1) is 27.7. The van der Waals surface area contributed by atoms with Crippen molar-refractivity contribution in [1.82, 2.24) is 20.0 Å². The highest BCUT2D eigenvalue weighted by molar-refractivity contribution is 6.30. The Balaban J connectivity index is 1.62. The molecular weight excluding hydrogens is 504 g/mol. The topological polar surface area (TPSA) is 82.2 Å². The number of piperazine rings is 1. The zero-order valence-electron chi connectivity index (χ0n) is 22.4. The molecule has 0 saturated carbocycles. The van der Waals surface area contributed by atoms with Crippen molar-refractivity contribution in [2.45, 2.75) is 39.8 Å². The third kappa shape index (κ3) is 5.87. The van der Waals surface area contributed by atoms with E-state index < -0.39 is 12.0 Å². The van der Waals surface area contributed by atoms with E-state index in [1.165, 1.54) is 0 Å². The van der Waals surface area contributed by atoms with Gasteiger partial charge in [-0.1, -0.05) is 41.4 Å². The number of esters is 1. The highest BCUT2D eigenvalue weighted by Gasteiger charge is 2.39. The van der Waals surface area contributed by atoms with Crippen LogP contribution in [-0.4, -0.2) is 78.0 Å². The fraction of sp³-hybridized carbons (Fsp3) is 0.414. The molecule has 38 heavy (non-hydrogen) atoms. The second-order valence-electron chi connectivity index (χ2n) is 9.71. The van der Waals surface area contributed by atoms with Gasteiger partial charge < -0.3 is 15.0 Å². The van der Waals surface area contributed by atoms with Crippen molar-refractivity contribution in [2.24, 2.45) is 0 Å². The number of benzene rings is 2. The molecular formula is C29H35ClN4O4. The molecule has 2 atom stereocenters. The van der Waals surface area contributed by atoms with Crippen LogP contribution in [0.5, 0.6) is 0 Å². The number of likely N-dealkylation sites (N-methyl/N-ethyl adjacent to an activating group) is 1. The molecule has 4 rings (SSSR count). The predicted molar refractivity (Wildman–Crippen MR) is 147 cm³/mol. The van der Waals surface area contributed by atoms with Crippen LogP contribution in [0.25, 0.3) is 0 Å². The van der Waals surface area contributed by atoms with Crippen LogP contribution >= 0.6 is 11.6 Å². The number of aryl methyl sites for hydroxylation is 1. The number of ether oxygens (including phenoxy) is 1. The predicted octanol–water partition coefficient (Wildman–Crippen LogP) is 4.40. The highest BCUT2D eigenvalue weighted by atomic mass is 35.5. The number of nitrogens with one attached hydrogen (secondary N) is 1. The number of amides is 3. The Kier molecular flexibility index (Phi) is 8.74. The molecule has 1 saturated heterocycles. The number of carbonyl (C=O) groups excluding carboxylic acids is 3. The van der Waals surface area contributed by atoms with Crippen molar-refractivity contribution in [1.29, 1.82) is 0 Å². The summed E-state index contributed by atoms with van der Waals surface area (Å²) in [6.45, 7) is 10.4. The Bertz CT molecular complexity index is 1230. The summed E-state index contributed by atoms with van der Waals surface area (Å²) in [7, 11) is 0. The number of nitrogens with zero attached hydrogens (tertiary/aromatic N) is 3. The maximum atomic E-state index is 13.3. The average molecular weight is 539 g/mol. The summed E-state index contributed by atoms with van der Waals surface area (Å²) in [4.78, 5) is 45.3. The second kappa shape index (κ2) is 12.0. The molecule has 9 heteroatoms. The van der Waals surface area contributed by atoms with Crippen molar-refractivity contribution in [3.8, 4) is 0 Å². The lowest BCUT2D eigenvalue weighted by atomic mass is 9.93. The smallest absolute Gasteiger partial charge is 0.338 e. The van der Waals surface area contributed by atoms with Gasteiger partial charge in [-0.25, -0.2) is 9.59 Å². The van der Waals surface area contributed by atoms with E-state index in [1.807, 2.05) is 49.9 Å². The van der Waals surface area contributed by atoms with Gasteiger partial charge in [-0.2, -0.15) is 0 Å². The average Bonchev–Trinajstić information content (AvgIpc) is 2.89. The zero-order valence-corrected chi connectivity index (χ0v) is 23.1. The summed E-state index contributed by atoms with van der Waals surface area (Å²) in [6, 6.07) is 13.8. The van der Waals surface area contributed by atoms with Gasteiger partial charge in [-0.3, -0.25) is 14.6 Å². The van der Waals surface area contributed by atoms with E-state index in [9.17, 15) is 14.4 Å². The van der Waals surface area contributed by atoms with Crippen molar-refractivity contribution in [3.05, 3.63) is 81.5 Å². The number of urea groups is 1. The lowest BCUT2D eigenvalue weighted by Crippen LogP contribution is -2.56. The van der Waals surface area contributed by atoms with E-state index in [-0.39, 0.29) is 24.6 Å². The maximum absolute atomic E-state index is 13.3. The maximum Gasteiger partial charge on any atom is 0.338 e. The van der Waals surface area contributed by atoms with Crippen LogP contribution in [0.1, 0.15) is 48.3 Å². The third-order valence-corrected chi connectivity index (χ3v) is 7.31. The Morgan fingerprint density at radius 3 is 2.47 bits per heavy atom. The van der Waals surface area contributed by atoms with E-state index in [4.69, 9.17) is 16.3 Å². The Labute approximate surface area is 229 Å². The lowest BCUT2D eigenvalue weighted by molar-refractivity contribution is -0.139. The summed E-state index contributed by atoms with van der Waals surface area (Å²) < 4.78 is 5.48. The minimum absolute atomic E-state index is 0.0352. The summed E-state index contributed by atoms with van der Waals surface area (Å²) in [5.41, 5.74) is 3.57. The molecule has 0 aliphatic carbocycles. The van der Waals surface area contributed by atoms with Gasteiger partial charge in [0.05, 0.1) is 18.2 Å². The van der Waals surface area contributed by atoms with Crippen LogP contribution in [0.15, 0.2) is 59.8 Å². The lowest BCUT2D eigenvalue weighted by Gasteiger charge is -2.43. The van der Waals surface area contributed by atoms with E-state index in [0.717, 1.165) is 11.1 Å². The minimum Gasteiger partial charge on any atom is -0.463 e. The molecule has 1 N–H and O–H groups in total. The van der Waals surface area contributed by atoms with Gasteiger partial charge in [0, 0.05) is 55.0 Å². The molecule has 3 amide bonds. The monoisotopic (exact) mass is 538 g/mol. The molecule has 0 aromatic heterocycles. The van der Waals surface area contributed by atoms with Gasteiger partial charge in [0.25, 0.3) is 5.91 Å². The SMILES string of the molecule is CCOC(=O)C1=C(CN2CCN(C(=O)c3ccc(Cl)cc3)[C@H](C)C2)N(CC)C(=O)N[C@@H]1c1cccc(C)c1. The molecule has 202 valence electrons. The largest absolute Gasteiger partial charge is 0.463 e. The standard InChI is InChI=1S/C29H35ClN4O4/c1-5-33-24(18-32-14-15-34(20(4)17-32)27(35)21-10-12-23(30)13-11-21)25(28(36)38-6-2)26(31-29(33)37)22-9-7-8-19(3)16-22/h7-13,16,20,26H,5-6,14-15,17-18H2,1-4H3,(H,31,37)/t20-,26-/m1/s1. The van der Waals surface area contributed by atoms with Crippen molar-refractivity contribution >= 4 is 29.5 Å². The molecule has 2 heterocycles. The van der Waals surface area contributed by atoms with Gasteiger partial charge in [-0.05, 0) is 57.5 Å². The molecule has 0 spiro atoms. The second-order valence-corrected chi connectivity index (χ2v) is 10.1. The minimum atomic E-state index is -0.607. The van der Waals surface area contributed by atoms with Gasteiger partial charge in [-0.15, -0.1) is 0 Å². The summed E-state index contributed by atoms with van der Waals surface area (Å²) in [6.07, 6.45) is 0. The third-order valence-electron chi connectivity index (χ3n) is 7.06. The molecule has 2 aliphatic heterocycles. The Morgan fingerprint density at radius 1 is 1.11 bits per heavy atom. The number of hydrogen-bond donors (Lipinski definition) is 1. The molecule has 1 fully saturated rings. The van der Waals surface area contributed by atoms with Gasteiger partial charge in [0.2, 0.25) is 0 Å². The number of rotatable bonds is 7. The van der Waals surface area contributed by atoms with Crippen LogP contribution in [0, 0.1) is 6.92 Å². The molecule has 2 aliphatic rings. The summed E-state index contributed by atoms with van der Waals surface area (Å²) in [5.74, 6) is -0.468. The molecule has 2 aromatic carbocycles. The zero-order chi connectivity index (χ0) is 27.4. The van der Waals surface area contributed by atoms with Crippen LogP contribution < -0.4 is 5.32 Å². The van der Waals surface area contributed by atoms with Crippen molar-refractivity contribution < 1.29 is 19.1 Å². The first-order chi connectivity index (χ1) is 18.2. The molecule has 0 unspecified atom stereocenters. The molecule has 0 radical (unpaired) electrons. The van der Waals surface area contributed by atoms with Crippen molar-refractivity contribution in [2.75, 3.05) is 39.3 Å². The van der Waals surface area contributed by atoms with E-state index >= 15 is 0 Å². The number of hydrogen-bond acceptors (Lipinski definition) is 5. The first-order valence-electron chi connectivity index (χ1n) is 13.1. The van der Waals surface area contributed by atoms with Crippen molar-refractivity contribution in [3.63, 3.8) is 0 Å². The van der Waals surface area contributed by atoms with Gasteiger partial charge >= 0.3 is 12.0 Å². The highest BCUT2D eigenvalue weighted by Crippen LogP contribution is 2.33.